The van der Waals surface area contributed by atoms with E-state index >= 15 is 0 Å². The number of methoxy groups -OCH3 is 1. The van der Waals surface area contributed by atoms with E-state index in [2.05, 4.69) is 0 Å². The number of carbonyl (C=O) groups excluding carboxylic acids is 1. The minimum atomic E-state index is -3.56. The fraction of sp³-hybridized carbons (Fsp3) is 0.500. The second-order valence-corrected chi connectivity index (χ2v) is 7.02. The lowest BCUT2D eigenvalue weighted by molar-refractivity contribution is -0.129. The number of sulfonamides is 1. The van der Waals surface area contributed by atoms with Gasteiger partial charge in [0.25, 0.3) is 0 Å². The first kappa shape index (κ1) is 15.8. The van der Waals surface area contributed by atoms with Crippen molar-refractivity contribution in [2.75, 3.05) is 19.4 Å². The summed E-state index contributed by atoms with van der Waals surface area (Å²) < 4.78 is 27.7. The van der Waals surface area contributed by atoms with Crippen LogP contribution in [0.1, 0.15) is 24.9 Å². The molecule has 1 amide bonds. The smallest absolute Gasteiger partial charge is 0.223 e. The van der Waals surface area contributed by atoms with Gasteiger partial charge in [0.15, 0.2) is 0 Å². The van der Waals surface area contributed by atoms with Crippen LogP contribution in [-0.4, -0.2) is 38.6 Å². The molecule has 1 aromatic carbocycles. The van der Waals surface area contributed by atoms with Crippen LogP contribution >= 0.6 is 0 Å². The lowest BCUT2D eigenvalue weighted by Crippen LogP contribution is -2.30. The average Bonchev–Trinajstić information content (AvgIpc) is 2.76. The molecule has 1 aliphatic rings. The van der Waals surface area contributed by atoms with Crippen molar-refractivity contribution in [2.45, 2.75) is 19.4 Å². The summed E-state index contributed by atoms with van der Waals surface area (Å²) >= 11 is 0. The molecule has 1 aromatic rings. The van der Waals surface area contributed by atoms with E-state index in [1.54, 1.807) is 12.0 Å². The number of hydrogen-bond acceptors (Lipinski definition) is 4. The van der Waals surface area contributed by atoms with Gasteiger partial charge >= 0.3 is 0 Å². The molecule has 0 radical (unpaired) electrons. The molecule has 0 aromatic heterocycles. The van der Waals surface area contributed by atoms with Gasteiger partial charge in [0, 0.05) is 24.4 Å². The first-order chi connectivity index (χ1) is 9.81. The Kier molecular flexibility index (Phi) is 4.53. The number of nitrogens with two attached hydrogens (primary N) is 1. The molecule has 0 saturated carbocycles. The third-order valence-electron chi connectivity index (χ3n) is 3.76. The normalized spacial score (nSPS) is 20.6. The molecule has 2 N–H and O–H groups in total. The number of rotatable bonds is 5. The number of ether oxygens (including phenoxy) is 1. The van der Waals surface area contributed by atoms with Crippen LogP contribution in [0.5, 0.6) is 5.75 Å². The molecule has 0 spiro atoms. The zero-order valence-electron chi connectivity index (χ0n) is 12.2. The summed E-state index contributed by atoms with van der Waals surface area (Å²) in [4.78, 5) is 13.8. The summed E-state index contributed by atoms with van der Waals surface area (Å²) in [5.74, 6) is 0.257. The highest BCUT2D eigenvalue weighted by atomic mass is 32.2. The molecule has 1 fully saturated rings. The van der Waals surface area contributed by atoms with E-state index < -0.39 is 10.0 Å². The van der Waals surface area contributed by atoms with Crippen molar-refractivity contribution in [2.24, 2.45) is 11.1 Å². The highest BCUT2D eigenvalue weighted by molar-refractivity contribution is 7.89. The van der Waals surface area contributed by atoms with Gasteiger partial charge in [0.1, 0.15) is 5.75 Å². The molecule has 2 rings (SSSR count). The Bertz CT molecular complexity index is 630. The van der Waals surface area contributed by atoms with Crippen LogP contribution in [0.25, 0.3) is 0 Å². The van der Waals surface area contributed by atoms with E-state index in [0.29, 0.717) is 12.3 Å². The van der Waals surface area contributed by atoms with Crippen LogP contribution in [-0.2, 0) is 14.8 Å². The van der Waals surface area contributed by atoms with Crippen molar-refractivity contribution < 1.29 is 17.9 Å². The van der Waals surface area contributed by atoms with Crippen molar-refractivity contribution in [3.05, 3.63) is 29.8 Å². The maximum absolute atomic E-state index is 12.1. The molecule has 116 valence electrons. The highest BCUT2D eigenvalue weighted by Gasteiger charge is 2.35. The number of hydrogen-bond donors (Lipinski definition) is 1. The second-order valence-electron chi connectivity index (χ2n) is 5.36. The van der Waals surface area contributed by atoms with Crippen LogP contribution < -0.4 is 9.88 Å². The fourth-order valence-electron chi connectivity index (χ4n) is 2.80. The Balaban J connectivity index is 2.16. The van der Waals surface area contributed by atoms with Gasteiger partial charge < -0.3 is 9.64 Å². The zero-order chi connectivity index (χ0) is 15.6. The number of primary sulfonamides is 1. The van der Waals surface area contributed by atoms with E-state index in [-0.39, 0.29) is 30.0 Å². The molecule has 2 unspecified atom stereocenters. The Hall–Kier alpha value is -1.60. The number of amides is 1. The molecule has 6 nitrogen and oxygen atoms in total. The summed E-state index contributed by atoms with van der Waals surface area (Å²) in [6, 6.07) is 7.33. The molecule has 21 heavy (non-hydrogen) atoms. The van der Waals surface area contributed by atoms with Crippen LogP contribution in [0, 0.1) is 5.92 Å². The van der Waals surface area contributed by atoms with Crippen molar-refractivity contribution in [1.29, 1.82) is 0 Å². The highest BCUT2D eigenvalue weighted by Crippen LogP contribution is 2.33. The number of carbonyl (C=O) groups is 1. The van der Waals surface area contributed by atoms with Crippen molar-refractivity contribution >= 4 is 15.9 Å². The summed E-state index contributed by atoms with van der Waals surface area (Å²) in [5, 5.41) is 5.06. The van der Waals surface area contributed by atoms with Gasteiger partial charge in [-0.05, 0) is 13.0 Å². The summed E-state index contributed by atoms with van der Waals surface area (Å²) in [6.07, 6.45) is 0.218. The molecule has 1 aliphatic heterocycles. The van der Waals surface area contributed by atoms with Gasteiger partial charge in [0.05, 0.1) is 18.9 Å². The summed E-state index contributed by atoms with van der Waals surface area (Å²) in [7, 11) is -1.98. The van der Waals surface area contributed by atoms with Crippen molar-refractivity contribution in [3.8, 4) is 5.75 Å². The van der Waals surface area contributed by atoms with Crippen LogP contribution in [0.15, 0.2) is 24.3 Å². The predicted octanol–water partition coefficient (Wildman–Crippen LogP) is 0.893. The van der Waals surface area contributed by atoms with Gasteiger partial charge in [-0.25, -0.2) is 13.6 Å². The van der Waals surface area contributed by atoms with E-state index in [0.717, 1.165) is 5.56 Å². The largest absolute Gasteiger partial charge is 0.496 e. The molecular formula is C14H20N2O4S. The number of para-hydroxylation sites is 1. The Morgan fingerprint density at radius 2 is 2.10 bits per heavy atom. The summed E-state index contributed by atoms with van der Waals surface area (Å²) in [5.41, 5.74) is 0.907. The standard InChI is InChI=1S/C14H20N2O4S/c1-10(12-5-3-4-6-13(12)20-2)16-8-11(7-14(16)17)9-21(15,18)19/h3-6,10-11H,7-9H2,1-2H3,(H2,15,18,19). The minimum absolute atomic E-state index is 0.0537. The van der Waals surface area contributed by atoms with E-state index in [1.807, 2.05) is 31.2 Å². The van der Waals surface area contributed by atoms with Crippen LogP contribution in [0.4, 0.5) is 0 Å². The summed E-state index contributed by atoms with van der Waals surface area (Å²) in [6.45, 7) is 2.31. The molecule has 2 atom stereocenters. The number of benzene rings is 1. The molecule has 1 saturated heterocycles. The number of likely N-dealkylation sites (tertiary alicyclic amines) is 1. The van der Waals surface area contributed by atoms with Crippen molar-refractivity contribution in [3.63, 3.8) is 0 Å². The average molecular weight is 312 g/mol. The fourth-order valence-corrected chi connectivity index (χ4v) is 3.68. The lowest BCUT2D eigenvalue weighted by Gasteiger charge is -2.26. The minimum Gasteiger partial charge on any atom is -0.496 e. The number of nitrogens with zero attached hydrogens (tertiary/aromatic N) is 1. The quantitative estimate of drug-likeness (QED) is 0.874. The second kappa shape index (κ2) is 6.03. The Labute approximate surface area is 124 Å². The monoisotopic (exact) mass is 312 g/mol. The first-order valence-electron chi connectivity index (χ1n) is 6.74. The third kappa shape index (κ3) is 3.74. The molecule has 1 heterocycles. The molecule has 0 aliphatic carbocycles. The maximum atomic E-state index is 12.1. The topological polar surface area (TPSA) is 89.7 Å². The Morgan fingerprint density at radius 3 is 2.71 bits per heavy atom. The molecular weight excluding hydrogens is 292 g/mol. The molecule has 0 bridgehead atoms. The Morgan fingerprint density at radius 1 is 1.43 bits per heavy atom. The predicted molar refractivity (Wildman–Crippen MR) is 79.2 cm³/mol. The van der Waals surface area contributed by atoms with Gasteiger partial charge in [0.2, 0.25) is 15.9 Å². The van der Waals surface area contributed by atoms with Crippen LogP contribution in [0.3, 0.4) is 0 Å². The van der Waals surface area contributed by atoms with Gasteiger partial charge in [-0.2, -0.15) is 0 Å². The van der Waals surface area contributed by atoms with Gasteiger partial charge in [-0.15, -0.1) is 0 Å². The van der Waals surface area contributed by atoms with Crippen LogP contribution in [0.2, 0.25) is 0 Å². The van der Waals surface area contributed by atoms with Gasteiger partial charge in [-0.1, -0.05) is 18.2 Å². The lowest BCUT2D eigenvalue weighted by atomic mass is 10.1. The SMILES string of the molecule is COc1ccccc1C(C)N1CC(CS(N)(=O)=O)CC1=O. The van der Waals surface area contributed by atoms with Gasteiger partial charge in [-0.3, -0.25) is 4.79 Å². The third-order valence-corrected chi connectivity index (χ3v) is 4.70. The van der Waals surface area contributed by atoms with E-state index in [4.69, 9.17) is 9.88 Å². The van der Waals surface area contributed by atoms with Crippen molar-refractivity contribution in [1.82, 2.24) is 4.90 Å². The zero-order valence-corrected chi connectivity index (χ0v) is 13.0. The first-order valence-corrected chi connectivity index (χ1v) is 8.46. The maximum Gasteiger partial charge on any atom is 0.223 e. The van der Waals surface area contributed by atoms with E-state index in [9.17, 15) is 13.2 Å². The van der Waals surface area contributed by atoms with E-state index in [1.165, 1.54) is 0 Å². The molecule has 7 heteroatoms.